The van der Waals surface area contributed by atoms with Gasteiger partial charge in [0.1, 0.15) is 0 Å². The molecule has 10 atom stereocenters. The highest BCUT2D eigenvalue weighted by Gasteiger charge is 2.66. The smallest absolute Gasteiger partial charge is 0.307 e. The molecule has 222 valence electrons. The van der Waals surface area contributed by atoms with Crippen LogP contribution >= 0.6 is 0 Å². The van der Waals surface area contributed by atoms with Crippen molar-refractivity contribution in [3.05, 3.63) is 0 Å². The molecule has 8 unspecified atom stereocenters. The Labute approximate surface area is 237 Å². The van der Waals surface area contributed by atoms with Gasteiger partial charge in [-0.05, 0) is 128 Å². The first-order valence-corrected chi connectivity index (χ1v) is 16.2. The number of carbonyl (C=O) groups is 2. The van der Waals surface area contributed by atoms with Crippen molar-refractivity contribution in [2.24, 2.45) is 62.6 Å². The van der Waals surface area contributed by atoms with Gasteiger partial charge >= 0.3 is 11.9 Å². The first-order valence-electron chi connectivity index (χ1n) is 16.2. The minimum absolute atomic E-state index is 0.0451. The maximum Gasteiger partial charge on any atom is 0.307 e. The van der Waals surface area contributed by atoms with Crippen LogP contribution in [0.15, 0.2) is 0 Å². The molecule has 0 aromatic heterocycles. The monoisotopic (exact) mass is 543 g/mol. The lowest BCUT2D eigenvalue weighted by Gasteiger charge is -2.47. The number of rotatable bonds is 3. The van der Waals surface area contributed by atoms with Crippen molar-refractivity contribution in [2.45, 2.75) is 131 Å². The Kier molecular flexibility index (Phi) is 6.93. The second-order valence-corrected chi connectivity index (χ2v) is 16.7. The van der Waals surface area contributed by atoms with Gasteiger partial charge in [-0.25, -0.2) is 0 Å². The number of carboxylic acids is 2. The lowest BCUT2D eigenvalue weighted by molar-refractivity contribution is -0.148. The van der Waals surface area contributed by atoms with Crippen LogP contribution in [0.4, 0.5) is 0 Å². The third kappa shape index (κ3) is 3.72. The molecule has 0 aromatic carbocycles. The fraction of sp³-hybridized carbons (Fsp3) is 0.941. The summed E-state index contributed by atoms with van der Waals surface area (Å²) in [5, 5.41) is 22.0. The highest BCUT2D eigenvalue weighted by Crippen LogP contribution is 2.70. The topological polar surface area (TPSA) is 86.6 Å². The summed E-state index contributed by atoms with van der Waals surface area (Å²) in [6.07, 6.45) is 15.4. The zero-order valence-corrected chi connectivity index (χ0v) is 26.2. The van der Waals surface area contributed by atoms with E-state index in [0.717, 1.165) is 37.5 Å². The molecule has 7 aliphatic rings. The lowest BCUT2D eigenvalue weighted by atomic mass is 9.64. The van der Waals surface area contributed by atoms with Gasteiger partial charge in [0.2, 0.25) is 0 Å². The first kappa shape index (κ1) is 29.4. The molecule has 5 heteroatoms. The number of hydrogen-bond donors (Lipinski definition) is 3. The van der Waals surface area contributed by atoms with Crippen molar-refractivity contribution in [1.29, 1.82) is 0 Å². The molecule has 7 fully saturated rings. The third-order valence-electron chi connectivity index (χ3n) is 15.9. The van der Waals surface area contributed by atoms with E-state index in [0.29, 0.717) is 22.8 Å². The Hall–Kier alpha value is -1.10. The Morgan fingerprint density at radius 3 is 1.36 bits per heavy atom. The van der Waals surface area contributed by atoms with E-state index in [1.54, 1.807) is 0 Å². The number of nitrogens with one attached hydrogen (secondary N) is 1. The Balaban J connectivity index is 0.000000119. The van der Waals surface area contributed by atoms with Gasteiger partial charge in [0.05, 0.1) is 11.8 Å². The first-order chi connectivity index (χ1) is 18.0. The lowest BCUT2D eigenvalue weighted by Crippen LogP contribution is -2.56. The van der Waals surface area contributed by atoms with Crippen molar-refractivity contribution in [1.82, 2.24) is 5.32 Å². The van der Waals surface area contributed by atoms with E-state index < -0.39 is 11.9 Å². The van der Waals surface area contributed by atoms with Crippen molar-refractivity contribution in [3.63, 3.8) is 0 Å². The molecule has 0 aromatic rings. The number of carboxylic acid groups (broad SMARTS) is 2. The Bertz CT molecular complexity index is 951. The summed E-state index contributed by atoms with van der Waals surface area (Å²) < 4.78 is 0. The van der Waals surface area contributed by atoms with Crippen LogP contribution in [0.3, 0.4) is 0 Å². The van der Waals surface area contributed by atoms with Gasteiger partial charge in [-0.15, -0.1) is 0 Å². The van der Waals surface area contributed by atoms with E-state index in [9.17, 15) is 9.59 Å². The maximum absolute atomic E-state index is 11.1. The van der Waals surface area contributed by atoms with E-state index in [-0.39, 0.29) is 33.5 Å². The van der Waals surface area contributed by atoms with Gasteiger partial charge in [0.15, 0.2) is 0 Å². The molecule has 0 radical (unpaired) electrons. The second kappa shape index (κ2) is 9.20. The summed E-state index contributed by atoms with van der Waals surface area (Å²) in [5.41, 5.74) is 1.76. The number of hydrogen-bond acceptors (Lipinski definition) is 3. The van der Waals surface area contributed by atoms with Crippen LogP contribution in [0.2, 0.25) is 0 Å². The van der Waals surface area contributed by atoms with E-state index in [1.807, 2.05) is 0 Å². The number of aliphatic carboxylic acids is 2. The fourth-order valence-electron chi connectivity index (χ4n) is 12.3. The minimum Gasteiger partial charge on any atom is -0.481 e. The Morgan fingerprint density at radius 2 is 1.05 bits per heavy atom. The molecule has 0 heterocycles. The van der Waals surface area contributed by atoms with Crippen molar-refractivity contribution < 1.29 is 19.8 Å². The van der Waals surface area contributed by atoms with Gasteiger partial charge in [0.25, 0.3) is 0 Å². The van der Waals surface area contributed by atoms with Gasteiger partial charge < -0.3 is 15.5 Å². The summed E-state index contributed by atoms with van der Waals surface area (Å²) in [6.45, 7) is 15.9. The highest BCUT2D eigenvalue weighted by atomic mass is 16.4. The predicted molar refractivity (Wildman–Crippen MR) is 155 cm³/mol. The van der Waals surface area contributed by atoms with Crippen LogP contribution in [0.1, 0.15) is 126 Å². The van der Waals surface area contributed by atoms with E-state index >= 15 is 0 Å². The average molecular weight is 544 g/mol. The molecule has 39 heavy (non-hydrogen) atoms. The normalized spacial score (nSPS) is 50.7. The largest absolute Gasteiger partial charge is 0.481 e. The van der Waals surface area contributed by atoms with Crippen LogP contribution < -0.4 is 5.32 Å². The molecular formula is C34H57NO4. The summed E-state index contributed by atoms with van der Waals surface area (Å²) in [7, 11) is 2.20. The summed E-state index contributed by atoms with van der Waals surface area (Å²) >= 11 is 0. The molecule has 0 amide bonds. The van der Waals surface area contributed by atoms with E-state index in [2.05, 4.69) is 60.8 Å². The van der Waals surface area contributed by atoms with E-state index in [1.165, 1.54) is 51.4 Å². The van der Waals surface area contributed by atoms with Gasteiger partial charge in [-0.1, -0.05) is 54.9 Å². The van der Waals surface area contributed by atoms with Crippen LogP contribution in [-0.4, -0.2) is 34.7 Å². The molecule has 3 N–H and O–H groups in total. The molecule has 0 aliphatic heterocycles. The molecular weight excluding hydrogens is 486 g/mol. The summed E-state index contributed by atoms with van der Waals surface area (Å²) in [5.74, 6) is 1.97. The van der Waals surface area contributed by atoms with Gasteiger partial charge in [-0.3, -0.25) is 9.59 Å². The quantitative estimate of drug-likeness (QED) is 0.341. The molecule has 7 aliphatic carbocycles. The molecule has 0 spiro atoms. The molecule has 0 saturated heterocycles. The zero-order valence-electron chi connectivity index (χ0n) is 26.2. The van der Waals surface area contributed by atoms with Crippen molar-refractivity contribution >= 4 is 11.9 Å². The fourth-order valence-corrected chi connectivity index (χ4v) is 12.3. The molecule has 6 bridgehead atoms. The minimum atomic E-state index is -0.585. The van der Waals surface area contributed by atoms with Crippen LogP contribution in [0.5, 0.6) is 0 Å². The SMILES string of the molecule is CC1(C)C2CC[C@@]1(C)C(C(=O)O)C2.CC1(C)C2CC[C@@]1(C)C(C(=O)O)C2.CNC12CCCC1(C)C1CCC2C1. The molecule has 5 nitrogen and oxygen atoms in total. The van der Waals surface area contributed by atoms with Gasteiger partial charge in [-0.2, -0.15) is 0 Å². The average Bonchev–Trinajstić information content (AvgIpc) is 3.68. The third-order valence-corrected chi connectivity index (χ3v) is 15.9. The Morgan fingerprint density at radius 1 is 0.590 bits per heavy atom. The molecule has 7 rings (SSSR count). The van der Waals surface area contributed by atoms with Crippen molar-refractivity contribution in [2.75, 3.05) is 7.05 Å². The highest BCUT2D eigenvalue weighted by molar-refractivity contribution is 5.72. The van der Waals surface area contributed by atoms with Crippen LogP contribution in [-0.2, 0) is 9.59 Å². The van der Waals surface area contributed by atoms with Gasteiger partial charge in [0, 0.05) is 5.54 Å². The second-order valence-electron chi connectivity index (χ2n) is 16.7. The van der Waals surface area contributed by atoms with Crippen molar-refractivity contribution in [3.8, 4) is 0 Å². The van der Waals surface area contributed by atoms with Crippen LogP contribution in [0.25, 0.3) is 0 Å². The standard InChI is InChI=1S/C12H21N.2C11H18O2/c1-11-6-3-7-12(11,13-2)10-5-4-9(11)8-10;2*1-10(2)7-4-5-11(10,3)8(6-7)9(12)13/h9-10,13H,3-8H2,1-2H3;2*7-8H,4-6H2,1-3H3,(H,12,13)/t;2*7?,8?,11-/m.00/s1. The predicted octanol–water partition coefficient (Wildman–Crippen LogP) is 7.63. The zero-order chi connectivity index (χ0) is 28.8. The number of fused-ring (bicyclic) bond motifs is 9. The summed E-state index contributed by atoms with van der Waals surface area (Å²) in [6, 6.07) is 0. The van der Waals surface area contributed by atoms with E-state index in [4.69, 9.17) is 10.2 Å². The van der Waals surface area contributed by atoms with Crippen LogP contribution in [0, 0.1) is 62.6 Å². The maximum atomic E-state index is 11.1. The summed E-state index contributed by atoms with van der Waals surface area (Å²) in [4.78, 5) is 22.2. The molecule has 7 saturated carbocycles.